The normalized spacial score (nSPS) is 11.9. The van der Waals surface area contributed by atoms with Crippen LogP contribution in [0.3, 0.4) is 0 Å². The van der Waals surface area contributed by atoms with Crippen LogP contribution < -0.4 is 10.0 Å². The second-order valence-electron chi connectivity index (χ2n) is 6.70. The maximum absolute atomic E-state index is 12.3. The van der Waals surface area contributed by atoms with Gasteiger partial charge < -0.3 is 10.1 Å². The molecule has 0 heterocycles. The molecule has 1 amide bonds. The van der Waals surface area contributed by atoms with Gasteiger partial charge in [-0.2, -0.15) is 5.26 Å². The molecule has 0 spiro atoms. The third-order valence-electron chi connectivity index (χ3n) is 4.37. The summed E-state index contributed by atoms with van der Waals surface area (Å²) in [5.41, 5.74) is 2.74. The van der Waals surface area contributed by atoms with Crippen molar-refractivity contribution in [3.63, 3.8) is 0 Å². The minimum atomic E-state index is -3.75. The van der Waals surface area contributed by atoms with Crippen molar-refractivity contribution in [3.8, 4) is 6.07 Å². The number of carbonyl (C=O) groups is 2. The molecule has 1 atom stereocenters. The number of rotatable bonds is 8. The van der Waals surface area contributed by atoms with Crippen LogP contribution in [-0.4, -0.2) is 32.9 Å². The Morgan fingerprint density at radius 3 is 2.37 bits per heavy atom. The average Bonchev–Trinajstić information content (AvgIpc) is 2.70. The molecule has 0 saturated carbocycles. The molecule has 0 aliphatic heterocycles. The summed E-state index contributed by atoms with van der Waals surface area (Å²) >= 11 is 0. The number of sulfonamides is 1. The van der Waals surface area contributed by atoms with Crippen molar-refractivity contribution in [2.45, 2.75) is 38.2 Å². The quantitative estimate of drug-likeness (QED) is 0.621. The summed E-state index contributed by atoms with van der Waals surface area (Å²) < 4.78 is 32.0. The summed E-state index contributed by atoms with van der Waals surface area (Å²) in [6.45, 7) is 4.96. The predicted molar refractivity (Wildman–Crippen MR) is 111 cm³/mol. The van der Waals surface area contributed by atoms with Gasteiger partial charge in [-0.15, -0.1) is 0 Å². The topological polar surface area (TPSA) is 125 Å². The second kappa shape index (κ2) is 10.0. The van der Waals surface area contributed by atoms with Gasteiger partial charge in [-0.3, -0.25) is 9.59 Å². The molecule has 0 radical (unpaired) electrons. The van der Waals surface area contributed by atoms with Gasteiger partial charge in [-0.05, 0) is 68.3 Å². The Morgan fingerprint density at radius 1 is 1.10 bits per heavy atom. The SMILES string of the molecule is Cc1ccc(S(=O)(=O)NCCC(=O)OC(C)C(=O)Nc2ccc(C#N)cc2)cc1C. The fourth-order valence-electron chi connectivity index (χ4n) is 2.43. The van der Waals surface area contributed by atoms with Crippen LogP contribution in [0, 0.1) is 25.2 Å². The largest absolute Gasteiger partial charge is 0.452 e. The highest BCUT2D eigenvalue weighted by Crippen LogP contribution is 2.14. The van der Waals surface area contributed by atoms with Crippen LogP contribution in [0.1, 0.15) is 30.0 Å². The van der Waals surface area contributed by atoms with Crippen LogP contribution in [0.5, 0.6) is 0 Å². The number of nitrogens with one attached hydrogen (secondary N) is 2. The number of carbonyl (C=O) groups excluding carboxylic acids is 2. The van der Waals surface area contributed by atoms with Crippen molar-refractivity contribution in [1.29, 1.82) is 5.26 Å². The summed E-state index contributed by atoms with van der Waals surface area (Å²) in [5.74, 6) is -1.25. The minimum Gasteiger partial charge on any atom is -0.452 e. The van der Waals surface area contributed by atoms with Gasteiger partial charge >= 0.3 is 5.97 Å². The standard InChI is InChI=1S/C21H23N3O5S/c1-14-4-9-19(12-15(14)2)30(27,28)23-11-10-20(25)29-16(3)21(26)24-18-7-5-17(13-22)6-8-18/h4-9,12,16,23H,10-11H2,1-3H3,(H,24,26). The van der Waals surface area contributed by atoms with Gasteiger partial charge in [-0.25, -0.2) is 13.1 Å². The molecule has 2 aromatic rings. The zero-order valence-electron chi connectivity index (χ0n) is 16.9. The molecule has 30 heavy (non-hydrogen) atoms. The monoisotopic (exact) mass is 429 g/mol. The van der Waals surface area contributed by atoms with Crippen LogP contribution >= 0.6 is 0 Å². The molecule has 0 aliphatic carbocycles. The highest BCUT2D eigenvalue weighted by molar-refractivity contribution is 7.89. The second-order valence-corrected chi connectivity index (χ2v) is 8.47. The molecule has 2 rings (SSSR count). The van der Waals surface area contributed by atoms with Gasteiger partial charge in [0.25, 0.3) is 5.91 Å². The molecule has 1 unspecified atom stereocenters. The molecule has 8 nitrogen and oxygen atoms in total. The van der Waals surface area contributed by atoms with Gasteiger partial charge in [-0.1, -0.05) is 6.07 Å². The molecule has 0 aliphatic rings. The summed E-state index contributed by atoms with van der Waals surface area (Å²) in [6, 6.07) is 13.0. The van der Waals surface area contributed by atoms with Crippen molar-refractivity contribution in [2.75, 3.05) is 11.9 Å². The fraction of sp³-hybridized carbons (Fsp3) is 0.286. The Morgan fingerprint density at radius 2 is 1.77 bits per heavy atom. The Bertz CT molecular complexity index is 1070. The number of esters is 1. The number of hydrogen-bond donors (Lipinski definition) is 2. The Hall–Kier alpha value is -3.22. The molecule has 0 aromatic heterocycles. The Kier molecular flexibility index (Phi) is 7.69. The number of anilines is 1. The van der Waals surface area contributed by atoms with E-state index in [-0.39, 0.29) is 17.9 Å². The smallest absolute Gasteiger partial charge is 0.307 e. The Balaban J connectivity index is 1.82. The van der Waals surface area contributed by atoms with Crippen LogP contribution in [0.4, 0.5) is 5.69 Å². The molecule has 0 fully saturated rings. The molecule has 9 heteroatoms. The number of aryl methyl sites for hydroxylation is 2. The van der Waals surface area contributed by atoms with Crippen molar-refractivity contribution in [3.05, 3.63) is 59.2 Å². The molecule has 2 aromatic carbocycles. The van der Waals surface area contributed by atoms with E-state index >= 15 is 0 Å². The summed E-state index contributed by atoms with van der Waals surface area (Å²) in [6.07, 6.45) is -1.29. The van der Waals surface area contributed by atoms with E-state index in [1.165, 1.54) is 13.0 Å². The van der Waals surface area contributed by atoms with E-state index in [1.54, 1.807) is 36.4 Å². The first-order chi connectivity index (χ1) is 14.1. The number of ether oxygens (including phenoxy) is 1. The van der Waals surface area contributed by atoms with Crippen LogP contribution in [-0.2, 0) is 24.3 Å². The number of benzene rings is 2. The fourth-order valence-corrected chi connectivity index (χ4v) is 3.55. The first-order valence-electron chi connectivity index (χ1n) is 9.20. The van der Waals surface area contributed by atoms with Crippen molar-refractivity contribution >= 4 is 27.6 Å². The van der Waals surface area contributed by atoms with Gasteiger partial charge in [0.1, 0.15) is 0 Å². The number of amides is 1. The predicted octanol–water partition coefficient (Wildman–Crippen LogP) is 2.41. The molecule has 0 bridgehead atoms. The molecule has 2 N–H and O–H groups in total. The van der Waals surface area contributed by atoms with E-state index in [0.717, 1.165) is 11.1 Å². The van der Waals surface area contributed by atoms with E-state index < -0.39 is 28.0 Å². The lowest BCUT2D eigenvalue weighted by Gasteiger charge is -2.14. The van der Waals surface area contributed by atoms with Gasteiger partial charge in [0.2, 0.25) is 10.0 Å². The van der Waals surface area contributed by atoms with E-state index in [4.69, 9.17) is 10.00 Å². The van der Waals surface area contributed by atoms with E-state index in [9.17, 15) is 18.0 Å². The highest BCUT2D eigenvalue weighted by atomic mass is 32.2. The first kappa shape index (κ1) is 23.1. The van der Waals surface area contributed by atoms with Crippen molar-refractivity contribution in [2.24, 2.45) is 0 Å². The molecule has 158 valence electrons. The summed E-state index contributed by atoms with van der Waals surface area (Å²) in [7, 11) is -3.75. The third kappa shape index (κ3) is 6.40. The van der Waals surface area contributed by atoms with E-state index in [0.29, 0.717) is 11.3 Å². The highest BCUT2D eigenvalue weighted by Gasteiger charge is 2.19. The maximum Gasteiger partial charge on any atom is 0.307 e. The zero-order valence-corrected chi connectivity index (χ0v) is 17.7. The van der Waals surface area contributed by atoms with Crippen LogP contribution in [0.25, 0.3) is 0 Å². The summed E-state index contributed by atoms with van der Waals surface area (Å²) in [5, 5.41) is 11.3. The lowest BCUT2D eigenvalue weighted by atomic mass is 10.1. The van der Waals surface area contributed by atoms with E-state index in [1.807, 2.05) is 19.9 Å². The number of nitriles is 1. The van der Waals surface area contributed by atoms with Crippen LogP contribution in [0.15, 0.2) is 47.4 Å². The average molecular weight is 429 g/mol. The third-order valence-corrected chi connectivity index (χ3v) is 5.83. The van der Waals surface area contributed by atoms with Gasteiger partial charge in [0.15, 0.2) is 6.10 Å². The number of nitrogens with zero attached hydrogens (tertiary/aromatic N) is 1. The minimum absolute atomic E-state index is 0.120. The first-order valence-corrected chi connectivity index (χ1v) is 10.7. The zero-order chi connectivity index (χ0) is 22.3. The molecular weight excluding hydrogens is 406 g/mol. The van der Waals surface area contributed by atoms with Gasteiger partial charge in [0, 0.05) is 12.2 Å². The van der Waals surface area contributed by atoms with Crippen molar-refractivity contribution < 1.29 is 22.7 Å². The number of hydrogen-bond acceptors (Lipinski definition) is 6. The lowest BCUT2D eigenvalue weighted by molar-refractivity contribution is -0.152. The molecular formula is C21H23N3O5S. The van der Waals surface area contributed by atoms with Crippen molar-refractivity contribution in [1.82, 2.24) is 4.72 Å². The van der Waals surface area contributed by atoms with E-state index in [2.05, 4.69) is 10.0 Å². The summed E-state index contributed by atoms with van der Waals surface area (Å²) in [4.78, 5) is 24.2. The maximum atomic E-state index is 12.3. The molecule has 0 saturated heterocycles. The lowest BCUT2D eigenvalue weighted by Crippen LogP contribution is -2.32. The van der Waals surface area contributed by atoms with Gasteiger partial charge in [0.05, 0.1) is 22.9 Å². The van der Waals surface area contributed by atoms with Crippen LogP contribution in [0.2, 0.25) is 0 Å². The Labute approximate surface area is 175 Å².